The molecule has 0 saturated carbocycles. The Morgan fingerprint density at radius 1 is 1.29 bits per heavy atom. The minimum Gasteiger partial charge on any atom is -0.359 e. The average Bonchev–Trinajstić information content (AvgIpc) is 2.96. The van der Waals surface area contributed by atoms with E-state index in [2.05, 4.69) is 27.7 Å². The highest BCUT2D eigenvalue weighted by atomic mass is 16.2. The maximum atomic E-state index is 12.0. The van der Waals surface area contributed by atoms with E-state index < -0.39 is 0 Å². The summed E-state index contributed by atoms with van der Waals surface area (Å²) in [5.74, 6) is 0.226. The Bertz CT molecular complexity index is 450. The number of benzene rings is 1. The van der Waals surface area contributed by atoms with Crippen LogP contribution in [-0.2, 0) is 16.1 Å². The Morgan fingerprint density at radius 3 is 2.86 bits per heavy atom. The lowest BCUT2D eigenvalue weighted by molar-refractivity contribution is -0.124. The quantitative estimate of drug-likeness (QED) is 0.549. The second-order valence-electron chi connectivity index (χ2n) is 5.42. The van der Waals surface area contributed by atoms with Gasteiger partial charge < -0.3 is 10.6 Å². The van der Waals surface area contributed by atoms with E-state index in [0.29, 0.717) is 19.5 Å². The van der Waals surface area contributed by atoms with Crippen molar-refractivity contribution in [1.82, 2.24) is 15.5 Å². The molecule has 0 aliphatic carbocycles. The van der Waals surface area contributed by atoms with Gasteiger partial charge in [0.1, 0.15) is 0 Å². The van der Waals surface area contributed by atoms with E-state index >= 15 is 0 Å². The summed E-state index contributed by atoms with van der Waals surface area (Å²) in [6.45, 7) is 3.93. The van der Waals surface area contributed by atoms with Gasteiger partial charge in [0.15, 0.2) is 0 Å². The normalized spacial score (nSPS) is 18.4. The van der Waals surface area contributed by atoms with Crippen molar-refractivity contribution < 1.29 is 9.59 Å². The van der Waals surface area contributed by atoms with E-state index in [0.717, 1.165) is 32.5 Å². The average molecular weight is 289 g/mol. The van der Waals surface area contributed by atoms with Crippen LogP contribution in [0, 0.1) is 5.92 Å². The monoisotopic (exact) mass is 289 g/mol. The predicted octanol–water partition coefficient (Wildman–Crippen LogP) is 0.761. The van der Waals surface area contributed by atoms with Crippen LogP contribution in [-0.4, -0.2) is 43.4 Å². The minimum absolute atomic E-state index is 0.0905. The molecular weight excluding hydrogens is 266 g/mol. The van der Waals surface area contributed by atoms with E-state index in [1.54, 1.807) is 0 Å². The summed E-state index contributed by atoms with van der Waals surface area (Å²) in [4.78, 5) is 24.5. The van der Waals surface area contributed by atoms with E-state index in [1.807, 2.05) is 18.2 Å². The number of carbonyl (C=O) groups is 2. The molecule has 1 aromatic carbocycles. The number of likely N-dealkylation sites (tertiary alicyclic amines) is 1. The van der Waals surface area contributed by atoms with Gasteiger partial charge in [-0.15, -0.1) is 0 Å². The van der Waals surface area contributed by atoms with Crippen LogP contribution in [0.2, 0.25) is 0 Å². The second kappa shape index (κ2) is 8.42. The third kappa shape index (κ3) is 5.19. The first-order chi connectivity index (χ1) is 10.3. The molecule has 1 heterocycles. The van der Waals surface area contributed by atoms with Gasteiger partial charge in [0.2, 0.25) is 12.3 Å². The number of rotatable bonds is 8. The second-order valence-corrected chi connectivity index (χ2v) is 5.42. The first kappa shape index (κ1) is 15.5. The van der Waals surface area contributed by atoms with Gasteiger partial charge >= 0.3 is 0 Å². The standard InChI is InChI=1S/C16H23N3O2/c20-13-17-8-4-9-18-16(21)15-7-10-19(12-15)11-14-5-2-1-3-6-14/h1-3,5-6,13,15H,4,7-12H2,(H,17,20)(H,18,21). The van der Waals surface area contributed by atoms with Gasteiger partial charge in [-0.05, 0) is 24.9 Å². The van der Waals surface area contributed by atoms with Crippen molar-refractivity contribution in [3.8, 4) is 0 Å². The molecule has 21 heavy (non-hydrogen) atoms. The number of hydrogen-bond acceptors (Lipinski definition) is 3. The molecule has 2 amide bonds. The first-order valence-electron chi connectivity index (χ1n) is 7.50. The van der Waals surface area contributed by atoms with Crippen LogP contribution in [0.15, 0.2) is 30.3 Å². The van der Waals surface area contributed by atoms with Crippen LogP contribution >= 0.6 is 0 Å². The summed E-state index contributed by atoms with van der Waals surface area (Å²) >= 11 is 0. The molecule has 1 aromatic rings. The number of amides is 2. The van der Waals surface area contributed by atoms with Gasteiger partial charge in [0.05, 0.1) is 5.92 Å². The number of nitrogens with zero attached hydrogens (tertiary/aromatic N) is 1. The Morgan fingerprint density at radius 2 is 2.10 bits per heavy atom. The fourth-order valence-electron chi connectivity index (χ4n) is 2.64. The molecule has 1 saturated heterocycles. The van der Waals surface area contributed by atoms with Gasteiger partial charge in [-0.25, -0.2) is 0 Å². The van der Waals surface area contributed by atoms with E-state index in [-0.39, 0.29) is 11.8 Å². The van der Waals surface area contributed by atoms with Gasteiger partial charge in [-0.3, -0.25) is 14.5 Å². The van der Waals surface area contributed by atoms with E-state index in [1.165, 1.54) is 5.56 Å². The van der Waals surface area contributed by atoms with Crippen LogP contribution in [0.3, 0.4) is 0 Å². The smallest absolute Gasteiger partial charge is 0.224 e. The Balaban J connectivity index is 1.67. The summed E-state index contributed by atoms with van der Waals surface area (Å²) < 4.78 is 0. The van der Waals surface area contributed by atoms with Crippen molar-refractivity contribution in [2.75, 3.05) is 26.2 Å². The molecule has 114 valence electrons. The molecule has 2 rings (SSSR count). The molecule has 1 aliphatic rings. The first-order valence-corrected chi connectivity index (χ1v) is 7.50. The van der Waals surface area contributed by atoms with Crippen molar-refractivity contribution in [2.24, 2.45) is 5.92 Å². The molecule has 5 heteroatoms. The van der Waals surface area contributed by atoms with Crippen molar-refractivity contribution in [2.45, 2.75) is 19.4 Å². The number of carbonyl (C=O) groups excluding carboxylic acids is 2. The van der Waals surface area contributed by atoms with Crippen LogP contribution in [0.25, 0.3) is 0 Å². The van der Waals surface area contributed by atoms with Crippen LogP contribution in [0.4, 0.5) is 0 Å². The molecule has 0 bridgehead atoms. The lowest BCUT2D eigenvalue weighted by Gasteiger charge is -2.16. The van der Waals surface area contributed by atoms with E-state index in [4.69, 9.17) is 0 Å². The zero-order valence-electron chi connectivity index (χ0n) is 12.3. The third-order valence-electron chi connectivity index (χ3n) is 3.77. The molecular formula is C16H23N3O2. The Hall–Kier alpha value is -1.88. The molecule has 0 aromatic heterocycles. The highest BCUT2D eigenvalue weighted by Gasteiger charge is 2.27. The largest absolute Gasteiger partial charge is 0.359 e. The molecule has 5 nitrogen and oxygen atoms in total. The predicted molar refractivity (Wildman–Crippen MR) is 81.5 cm³/mol. The van der Waals surface area contributed by atoms with Crippen molar-refractivity contribution >= 4 is 12.3 Å². The SMILES string of the molecule is O=CNCCCNC(=O)C1CCN(Cc2ccccc2)C1. The van der Waals surface area contributed by atoms with Gasteiger partial charge in [0.25, 0.3) is 0 Å². The van der Waals surface area contributed by atoms with E-state index in [9.17, 15) is 9.59 Å². The summed E-state index contributed by atoms with van der Waals surface area (Å²) in [7, 11) is 0. The fraction of sp³-hybridized carbons (Fsp3) is 0.500. The number of nitrogens with one attached hydrogen (secondary N) is 2. The van der Waals surface area contributed by atoms with Crippen LogP contribution in [0.5, 0.6) is 0 Å². The third-order valence-corrected chi connectivity index (χ3v) is 3.77. The molecule has 0 radical (unpaired) electrons. The van der Waals surface area contributed by atoms with Crippen molar-refractivity contribution in [1.29, 1.82) is 0 Å². The maximum absolute atomic E-state index is 12.0. The molecule has 0 spiro atoms. The summed E-state index contributed by atoms with van der Waals surface area (Å²) in [5, 5.41) is 5.53. The number of hydrogen-bond donors (Lipinski definition) is 2. The van der Waals surface area contributed by atoms with Gasteiger partial charge in [-0.1, -0.05) is 30.3 Å². The lowest BCUT2D eigenvalue weighted by Crippen LogP contribution is -2.34. The van der Waals surface area contributed by atoms with Gasteiger partial charge in [-0.2, -0.15) is 0 Å². The van der Waals surface area contributed by atoms with Crippen LogP contribution in [0.1, 0.15) is 18.4 Å². The minimum atomic E-state index is 0.0905. The summed E-state index contributed by atoms with van der Waals surface area (Å²) in [6, 6.07) is 10.3. The van der Waals surface area contributed by atoms with Crippen molar-refractivity contribution in [3.05, 3.63) is 35.9 Å². The zero-order valence-corrected chi connectivity index (χ0v) is 12.3. The summed E-state index contributed by atoms with van der Waals surface area (Å²) in [5.41, 5.74) is 1.29. The highest BCUT2D eigenvalue weighted by Crippen LogP contribution is 2.18. The fourth-order valence-corrected chi connectivity index (χ4v) is 2.64. The Kier molecular flexibility index (Phi) is 6.22. The molecule has 1 fully saturated rings. The van der Waals surface area contributed by atoms with Gasteiger partial charge in [0, 0.05) is 26.2 Å². The highest BCUT2D eigenvalue weighted by molar-refractivity contribution is 5.79. The molecule has 1 aliphatic heterocycles. The van der Waals surface area contributed by atoms with Crippen molar-refractivity contribution in [3.63, 3.8) is 0 Å². The lowest BCUT2D eigenvalue weighted by atomic mass is 10.1. The maximum Gasteiger partial charge on any atom is 0.224 e. The molecule has 1 atom stereocenters. The Labute approximate surface area is 125 Å². The summed E-state index contributed by atoms with van der Waals surface area (Å²) in [6.07, 6.45) is 2.37. The molecule has 2 N–H and O–H groups in total. The zero-order chi connectivity index (χ0) is 14.9. The topological polar surface area (TPSA) is 61.4 Å². The molecule has 1 unspecified atom stereocenters. The van der Waals surface area contributed by atoms with Crippen LogP contribution < -0.4 is 10.6 Å².